The fourth-order valence-electron chi connectivity index (χ4n) is 1.06. The van der Waals surface area contributed by atoms with Gasteiger partial charge in [-0.15, -0.1) is 0 Å². The first kappa shape index (κ1) is 11.8. The third kappa shape index (κ3) is 2.62. The van der Waals surface area contributed by atoms with Crippen molar-refractivity contribution in [1.82, 2.24) is 4.98 Å². The lowest BCUT2D eigenvalue weighted by Crippen LogP contribution is -2.05. The van der Waals surface area contributed by atoms with Gasteiger partial charge in [0, 0.05) is 6.54 Å². The van der Waals surface area contributed by atoms with Crippen LogP contribution in [-0.4, -0.2) is 21.4 Å². The Labute approximate surface area is 90.6 Å². The molecule has 8 nitrogen and oxygen atoms in total. The lowest BCUT2D eigenvalue weighted by molar-refractivity contribution is -0.394. The molecule has 0 aliphatic rings. The van der Waals surface area contributed by atoms with Crippen molar-refractivity contribution in [2.75, 3.05) is 11.9 Å². The fraction of sp³-hybridized carbons (Fsp3) is 0.375. The first-order valence-corrected chi connectivity index (χ1v) is 4.59. The molecular formula is C8H10N4O4. The molecule has 0 spiro atoms. The van der Waals surface area contributed by atoms with E-state index in [1.54, 1.807) is 0 Å². The molecule has 1 heterocycles. The minimum Gasteiger partial charge on any atom is -0.364 e. The van der Waals surface area contributed by atoms with Crippen LogP contribution in [0.2, 0.25) is 0 Å². The molecule has 0 atom stereocenters. The SMILES string of the molecule is CCCNc1ncc([N+](=O)[O-])cc1[N+](=O)[O-]. The average Bonchev–Trinajstić information content (AvgIpc) is 2.25. The summed E-state index contributed by atoms with van der Waals surface area (Å²) in [6, 6.07) is 0.894. The van der Waals surface area contributed by atoms with Crippen molar-refractivity contribution < 1.29 is 9.85 Å². The van der Waals surface area contributed by atoms with Crippen molar-refractivity contribution >= 4 is 17.2 Å². The van der Waals surface area contributed by atoms with Gasteiger partial charge in [-0.25, -0.2) is 4.98 Å². The van der Waals surface area contributed by atoms with Crippen molar-refractivity contribution in [2.45, 2.75) is 13.3 Å². The van der Waals surface area contributed by atoms with Crippen LogP contribution in [0.5, 0.6) is 0 Å². The largest absolute Gasteiger partial charge is 0.364 e. The van der Waals surface area contributed by atoms with E-state index < -0.39 is 15.5 Å². The third-order valence-corrected chi connectivity index (χ3v) is 1.80. The lowest BCUT2D eigenvalue weighted by Gasteiger charge is -2.03. The van der Waals surface area contributed by atoms with Crippen LogP contribution in [0.3, 0.4) is 0 Å². The highest BCUT2D eigenvalue weighted by Gasteiger charge is 2.20. The third-order valence-electron chi connectivity index (χ3n) is 1.80. The van der Waals surface area contributed by atoms with Gasteiger partial charge >= 0.3 is 5.69 Å². The van der Waals surface area contributed by atoms with Gasteiger partial charge in [-0.05, 0) is 6.42 Å². The van der Waals surface area contributed by atoms with Crippen LogP contribution < -0.4 is 5.32 Å². The summed E-state index contributed by atoms with van der Waals surface area (Å²) in [5.41, 5.74) is -0.781. The van der Waals surface area contributed by atoms with Crippen LogP contribution in [0.15, 0.2) is 12.3 Å². The van der Waals surface area contributed by atoms with Crippen molar-refractivity contribution in [3.8, 4) is 0 Å². The number of aromatic nitrogens is 1. The van der Waals surface area contributed by atoms with Crippen molar-refractivity contribution in [1.29, 1.82) is 0 Å². The van der Waals surface area contributed by atoms with E-state index in [0.29, 0.717) is 6.54 Å². The van der Waals surface area contributed by atoms with Gasteiger partial charge in [0.15, 0.2) is 0 Å². The zero-order chi connectivity index (χ0) is 12.1. The quantitative estimate of drug-likeness (QED) is 0.604. The standard InChI is InChI=1S/C8H10N4O4/c1-2-3-9-8-7(12(15)16)4-6(5-10-8)11(13)14/h4-5H,2-3H2,1H3,(H,9,10). The molecule has 16 heavy (non-hydrogen) atoms. The molecule has 0 aliphatic carbocycles. The smallest absolute Gasteiger partial charge is 0.318 e. The van der Waals surface area contributed by atoms with Crippen LogP contribution in [0.25, 0.3) is 0 Å². The Bertz CT molecular complexity index is 420. The average molecular weight is 226 g/mol. The molecule has 0 amide bonds. The molecule has 0 aromatic carbocycles. The maximum Gasteiger partial charge on any atom is 0.318 e. The number of nitrogens with one attached hydrogen (secondary N) is 1. The summed E-state index contributed by atoms with van der Waals surface area (Å²) in [6.07, 6.45) is 1.76. The monoisotopic (exact) mass is 226 g/mol. The van der Waals surface area contributed by atoms with Crippen molar-refractivity contribution in [3.63, 3.8) is 0 Å². The molecule has 0 radical (unpaired) electrons. The summed E-state index contributed by atoms with van der Waals surface area (Å²) >= 11 is 0. The maximum atomic E-state index is 10.7. The summed E-state index contributed by atoms with van der Waals surface area (Å²) < 4.78 is 0. The fourth-order valence-corrected chi connectivity index (χ4v) is 1.06. The molecule has 1 aromatic heterocycles. The van der Waals surface area contributed by atoms with Crippen LogP contribution in [0.4, 0.5) is 17.2 Å². The van der Waals surface area contributed by atoms with Crippen molar-refractivity contribution in [3.05, 3.63) is 32.5 Å². The van der Waals surface area contributed by atoms with Gasteiger partial charge in [-0.1, -0.05) is 6.92 Å². The number of hydrogen-bond donors (Lipinski definition) is 1. The van der Waals surface area contributed by atoms with Crippen LogP contribution in [-0.2, 0) is 0 Å². The van der Waals surface area contributed by atoms with E-state index in [0.717, 1.165) is 18.7 Å². The van der Waals surface area contributed by atoms with Crippen LogP contribution >= 0.6 is 0 Å². The second-order valence-electron chi connectivity index (χ2n) is 3.00. The van der Waals surface area contributed by atoms with E-state index in [9.17, 15) is 20.2 Å². The second kappa shape index (κ2) is 5.01. The number of hydrogen-bond acceptors (Lipinski definition) is 6. The van der Waals surface area contributed by atoms with Gasteiger partial charge in [0.25, 0.3) is 5.69 Å². The molecule has 0 unspecified atom stereocenters. The molecule has 0 aliphatic heterocycles. The molecule has 1 N–H and O–H groups in total. The summed E-state index contributed by atoms with van der Waals surface area (Å²) in [5.74, 6) is 0.0532. The first-order chi connectivity index (χ1) is 7.56. The van der Waals surface area contributed by atoms with E-state index in [2.05, 4.69) is 10.3 Å². The highest BCUT2D eigenvalue weighted by molar-refractivity contribution is 5.59. The number of nitrogens with zero attached hydrogens (tertiary/aromatic N) is 3. The molecular weight excluding hydrogens is 216 g/mol. The number of nitro groups is 2. The Morgan fingerprint density at radius 2 is 2.06 bits per heavy atom. The minimum atomic E-state index is -0.719. The van der Waals surface area contributed by atoms with Gasteiger partial charge < -0.3 is 5.32 Å². The Morgan fingerprint density at radius 1 is 1.38 bits per heavy atom. The topological polar surface area (TPSA) is 111 Å². The van der Waals surface area contributed by atoms with E-state index in [1.807, 2.05) is 6.92 Å². The molecule has 0 fully saturated rings. The zero-order valence-corrected chi connectivity index (χ0v) is 8.54. The Balaban J connectivity index is 3.09. The molecule has 0 saturated carbocycles. The zero-order valence-electron chi connectivity index (χ0n) is 8.54. The molecule has 1 aromatic rings. The highest BCUT2D eigenvalue weighted by atomic mass is 16.6. The predicted molar refractivity (Wildman–Crippen MR) is 56.3 cm³/mol. The number of anilines is 1. The summed E-state index contributed by atoms with van der Waals surface area (Å²) in [5, 5.41) is 23.8. The van der Waals surface area contributed by atoms with Crippen molar-refractivity contribution in [2.24, 2.45) is 0 Å². The maximum absolute atomic E-state index is 10.7. The van der Waals surface area contributed by atoms with E-state index in [-0.39, 0.29) is 11.5 Å². The molecule has 8 heteroatoms. The normalized spacial score (nSPS) is 9.81. The van der Waals surface area contributed by atoms with E-state index >= 15 is 0 Å². The first-order valence-electron chi connectivity index (χ1n) is 4.59. The summed E-state index contributed by atoms with van der Waals surface area (Å²) in [4.78, 5) is 23.3. The Morgan fingerprint density at radius 3 is 2.56 bits per heavy atom. The number of rotatable bonds is 5. The Kier molecular flexibility index (Phi) is 3.70. The second-order valence-corrected chi connectivity index (χ2v) is 3.00. The molecule has 86 valence electrons. The van der Waals surface area contributed by atoms with Gasteiger partial charge in [0.05, 0.1) is 15.9 Å². The molecule has 0 saturated heterocycles. The predicted octanol–water partition coefficient (Wildman–Crippen LogP) is 1.72. The Hall–Kier alpha value is -2.25. The summed E-state index contributed by atoms with van der Waals surface area (Å²) in [6.45, 7) is 2.41. The van der Waals surface area contributed by atoms with Crippen LogP contribution in [0, 0.1) is 20.2 Å². The van der Waals surface area contributed by atoms with Gasteiger partial charge in [0.1, 0.15) is 6.20 Å². The van der Waals surface area contributed by atoms with Gasteiger partial charge in [0.2, 0.25) is 5.82 Å². The molecule has 1 rings (SSSR count). The van der Waals surface area contributed by atoms with Gasteiger partial charge in [-0.3, -0.25) is 20.2 Å². The lowest BCUT2D eigenvalue weighted by atomic mass is 10.3. The highest BCUT2D eigenvalue weighted by Crippen LogP contribution is 2.25. The van der Waals surface area contributed by atoms with Gasteiger partial charge in [-0.2, -0.15) is 0 Å². The minimum absolute atomic E-state index is 0.0532. The van der Waals surface area contributed by atoms with Crippen LogP contribution in [0.1, 0.15) is 13.3 Å². The summed E-state index contributed by atoms with van der Waals surface area (Å²) in [7, 11) is 0. The number of pyridine rings is 1. The van der Waals surface area contributed by atoms with E-state index in [1.165, 1.54) is 0 Å². The molecule has 0 bridgehead atoms. The van der Waals surface area contributed by atoms with E-state index in [4.69, 9.17) is 0 Å².